The normalized spacial score (nSPS) is 9.74. The Kier molecular flexibility index (Phi) is 7.12. The molecule has 1 amide bonds. The molecule has 5 heteroatoms. The van der Waals surface area contributed by atoms with Crippen LogP contribution in [0, 0.1) is 0 Å². The molecule has 0 aromatic heterocycles. The van der Waals surface area contributed by atoms with Crippen molar-refractivity contribution in [3.63, 3.8) is 0 Å². The summed E-state index contributed by atoms with van der Waals surface area (Å²) in [4.78, 5) is 11.4. The third kappa shape index (κ3) is 6.47. The SMILES string of the molecule is C=CCNC(=O)CNc1cccc(OCCOC)c1. The van der Waals surface area contributed by atoms with Crippen LogP contribution in [0.1, 0.15) is 0 Å². The fourth-order valence-corrected chi connectivity index (χ4v) is 1.37. The molecular weight excluding hydrogens is 244 g/mol. The first-order valence-corrected chi connectivity index (χ1v) is 6.09. The van der Waals surface area contributed by atoms with Gasteiger partial charge in [-0.2, -0.15) is 0 Å². The molecule has 2 N–H and O–H groups in total. The van der Waals surface area contributed by atoms with Gasteiger partial charge in [0.05, 0.1) is 13.2 Å². The Morgan fingerprint density at radius 3 is 3.00 bits per heavy atom. The summed E-state index contributed by atoms with van der Waals surface area (Å²) < 4.78 is 10.4. The molecule has 1 aromatic rings. The summed E-state index contributed by atoms with van der Waals surface area (Å²) in [6, 6.07) is 7.45. The van der Waals surface area contributed by atoms with Gasteiger partial charge in [0.2, 0.25) is 5.91 Å². The van der Waals surface area contributed by atoms with Crippen LogP contribution >= 0.6 is 0 Å². The van der Waals surface area contributed by atoms with E-state index in [4.69, 9.17) is 9.47 Å². The van der Waals surface area contributed by atoms with Crippen LogP contribution in [0.5, 0.6) is 5.75 Å². The van der Waals surface area contributed by atoms with Crippen molar-refractivity contribution in [2.45, 2.75) is 0 Å². The van der Waals surface area contributed by atoms with Crippen molar-refractivity contribution in [1.29, 1.82) is 0 Å². The standard InChI is InChI=1S/C14H20N2O3/c1-3-7-15-14(17)11-16-12-5-4-6-13(10-12)19-9-8-18-2/h3-6,10,16H,1,7-9,11H2,2H3,(H,15,17). The number of carbonyl (C=O) groups is 1. The lowest BCUT2D eigenvalue weighted by molar-refractivity contribution is -0.119. The molecule has 0 bridgehead atoms. The maximum Gasteiger partial charge on any atom is 0.239 e. The van der Waals surface area contributed by atoms with E-state index in [1.807, 2.05) is 24.3 Å². The second-order valence-electron chi connectivity index (χ2n) is 3.82. The van der Waals surface area contributed by atoms with E-state index in [1.165, 1.54) is 0 Å². The lowest BCUT2D eigenvalue weighted by Crippen LogP contribution is -2.29. The van der Waals surface area contributed by atoms with Crippen LogP contribution < -0.4 is 15.4 Å². The lowest BCUT2D eigenvalue weighted by atomic mass is 10.3. The van der Waals surface area contributed by atoms with E-state index in [1.54, 1.807) is 13.2 Å². The lowest BCUT2D eigenvalue weighted by Gasteiger charge is -2.09. The minimum atomic E-state index is -0.0781. The monoisotopic (exact) mass is 264 g/mol. The first-order chi connectivity index (χ1) is 9.26. The molecular formula is C14H20N2O3. The Morgan fingerprint density at radius 2 is 2.26 bits per heavy atom. The van der Waals surface area contributed by atoms with Crippen LogP contribution in [0.15, 0.2) is 36.9 Å². The summed E-state index contributed by atoms with van der Waals surface area (Å²) in [6.45, 7) is 5.27. The van der Waals surface area contributed by atoms with Gasteiger partial charge < -0.3 is 20.1 Å². The summed E-state index contributed by atoms with van der Waals surface area (Å²) in [5, 5.41) is 5.72. The van der Waals surface area contributed by atoms with Gasteiger partial charge in [-0.05, 0) is 12.1 Å². The van der Waals surface area contributed by atoms with Crippen LogP contribution in [-0.4, -0.2) is 39.3 Å². The zero-order valence-corrected chi connectivity index (χ0v) is 11.1. The fourth-order valence-electron chi connectivity index (χ4n) is 1.37. The summed E-state index contributed by atoms with van der Waals surface area (Å²) in [5.41, 5.74) is 0.837. The van der Waals surface area contributed by atoms with Crippen molar-refractivity contribution in [3.8, 4) is 5.75 Å². The molecule has 5 nitrogen and oxygen atoms in total. The summed E-state index contributed by atoms with van der Waals surface area (Å²) in [7, 11) is 1.63. The summed E-state index contributed by atoms with van der Waals surface area (Å²) >= 11 is 0. The van der Waals surface area contributed by atoms with Crippen molar-refractivity contribution >= 4 is 11.6 Å². The number of anilines is 1. The Bertz CT molecular complexity index is 407. The molecule has 0 radical (unpaired) electrons. The average Bonchev–Trinajstić information content (AvgIpc) is 2.44. The van der Waals surface area contributed by atoms with Crippen molar-refractivity contribution < 1.29 is 14.3 Å². The average molecular weight is 264 g/mol. The zero-order chi connectivity index (χ0) is 13.9. The van der Waals surface area contributed by atoms with Crippen molar-refractivity contribution in [2.24, 2.45) is 0 Å². The Hall–Kier alpha value is -2.01. The Labute approximate surface area is 113 Å². The summed E-state index contributed by atoms with van der Waals surface area (Å²) in [6.07, 6.45) is 1.64. The third-order valence-electron chi connectivity index (χ3n) is 2.29. The molecule has 1 rings (SSSR count). The highest BCUT2D eigenvalue weighted by atomic mass is 16.5. The van der Waals surface area contributed by atoms with Gasteiger partial charge in [-0.25, -0.2) is 0 Å². The van der Waals surface area contributed by atoms with E-state index in [0.717, 1.165) is 11.4 Å². The van der Waals surface area contributed by atoms with E-state index in [9.17, 15) is 4.79 Å². The molecule has 0 heterocycles. The molecule has 19 heavy (non-hydrogen) atoms. The number of hydrogen-bond donors (Lipinski definition) is 2. The molecule has 0 aliphatic heterocycles. The highest BCUT2D eigenvalue weighted by Gasteiger charge is 2.00. The smallest absolute Gasteiger partial charge is 0.239 e. The maximum absolute atomic E-state index is 11.4. The van der Waals surface area contributed by atoms with E-state index < -0.39 is 0 Å². The summed E-state index contributed by atoms with van der Waals surface area (Å²) in [5.74, 6) is 0.666. The molecule has 0 saturated heterocycles. The van der Waals surface area contributed by atoms with Crippen molar-refractivity contribution in [1.82, 2.24) is 5.32 Å². The molecule has 1 aromatic carbocycles. The largest absolute Gasteiger partial charge is 0.491 e. The number of amides is 1. The van der Waals surface area contributed by atoms with Crippen LogP contribution in [0.2, 0.25) is 0 Å². The first-order valence-electron chi connectivity index (χ1n) is 6.09. The van der Waals surface area contributed by atoms with Gasteiger partial charge in [-0.3, -0.25) is 4.79 Å². The fraction of sp³-hybridized carbons (Fsp3) is 0.357. The van der Waals surface area contributed by atoms with Gasteiger partial charge in [0.25, 0.3) is 0 Å². The van der Waals surface area contributed by atoms with Gasteiger partial charge >= 0.3 is 0 Å². The first kappa shape index (κ1) is 15.0. The number of ether oxygens (including phenoxy) is 2. The number of methoxy groups -OCH3 is 1. The third-order valence-corrected chi connectivity index (χ3v) is 2.29. The number of benzene rings is 1. The predicted octanol–water partition coefficient (Wildman–Crippen LogP) is 1.43. The minimum Gasteiger partial charge on any atom is -0.491 e. The number of nitrogens with one attached hydrogen (secondary N) is 2. The van der Waals surface area contributed by atoms with Crippen LogP contribution in [0.25, 0.3) is 0 Å². The molecule has 0 atom stereocenters. The Morgan fingerprint density at radius 1 is 1.42 bits per heavy atom. The van der Waals surface area contributed by atoms with Crippen LogP contribution in [0.3, 0.4) is 0 Å². The number of rotatable bonds is 9. The van der Waals surface area contributed by atoms with Gasteiger partial charge in [0.15, 0.2) is 0 Å². The molecule has 0 unspecified atom stereocenters. The predicted molar refractivity (Wildman–Crippen MR) is 75.5 cm³/mol. The van der Waals surface area contributed by atoms with E-state index >= 15 is 0 Å². The second-order valence-corrected chi connectivity index (χ2v) is 3.82. The molecule has 0 fully saturated rings. The second kappa shape index (κ2) is 8.99. The number of hydrogen-bond acceptors (Lipinski definition) is 4. The zero-order valence-electron chi connectivity index (χ0n) is 11.1. The number of carbonyl (C=O) groups excluding carboxylic acids is 1. The van der Waals surface area contributed by atoms with E-state index in [0.29, 0.717) is 19.8 Å². The maximum atomic E-state index is 11.4. The molecule has 0 spiro atoms. The van der Waals surface area contributed by atoms with Crippen LogP contribution in [-0.2, 0) is 9.53 Å². The van der Waals surface area contributed by atoms with Gasteiger partial charge in [0.1, 0.15) is 12.4 Å². The van der Waals surface area contributed by atoms with E-state index in [-0.39, 0.29) is 12.5 Å². The molecule has 0 saturated carbocycles. The van der Waals surface area contributed by atoms with Gasteiger partial charge in [-0.15, -0.1) is 6.58 Å². The van der Waals surface area contributed by atoms with Crippen molar-refractivity contribution in [3.05, 3.63) is 36.9 Å². The minimum absolute atomic E-state index is 0.0781. The highest BCUT2D eigenvalue weighted by molar-refractivity contribution is 5.80. The molecule has 104 valence electrons. The quantitative estimate of drug-likeness (QED) is 0.523. The van der Waals surface area contributed by atoms with Gasteiger partial charge in [-0.1, -0.05) is 12.1 Å². The topological polar surface area (TPSA) is 59.6 Å². The van der Waals surface area contributed by atoms with Crippen molar-refractivity contribution in [2.75, 3.05) is 38.7 Å². The Balaban J connectivity index is 2.39. The molecule has 0 aliphatic rings. The van der Waals surface area contributed by atoms with Gasteiger partial charge in [0, 0.05) is 25.4 Å². The highest BCUT2D eigenvalue weighted by Crippen LogP contribution is 2.16. The molecule has 0 aliphatic carbocycles. The van der Waals surface area contributed by atoms with Crippen LogP contribution in [0.4, 0.5) is 5.69 Å². The van der Waals surface area contributed by atoms with E-state index in [2.05, 4.69) is 17.2 Å².